The molecule has 1 heterocycles. The molecule has 3 rings (SSSR count). The maximum Gasteiger partial charge on any atom is 0.416 e. The lowest BCUT2D eigenvalue weighted by Crippen LogP contribution is -2.11. The van der Waals surface area contributed by atoms with Crippen LogP contribution in [0, 0.1) is 6.92 Å². The molecule has 0 aliphatic heterocycles. The molecule has 0 spiro atoms. The highest BCUT2D eigenvalue weighted by Gasteiger charge is 2.30. The Labute approximate surface area is 129 Å². The van der Waals surface area contributed by atoms with E-state index in [0.29, 0.717) is 5.58 Å². The number of nitrogens with one attached hydrogen (secondary N) is 1. The van der Waals surface area contributed by atoms with Gasteiger partial charge in [0.15, 0.2) is 5.76 Å². The van der Waals surface area contributed by atoms with Gasteiger partial charge in [0.1, 0.15) is 5.58 Å². The van der Waals surface area contributed by atoms with Gasteiger partial charge in [-0.25, -0.2) is 0 Å². The fourth-order valence-corrected chi connectivity index (χ4v) is 2.26. The summed E-state index contributed by atoms with van der Waals surface area (Å²) < 4.78 is 43.0. The molecule has 1 amide bonds. The second-order valence-corrected chi connectivity index (χ2v) is 5.13. The van der Waals surface area contributed by atoms with Crippen molar-refractivity contribution in [2.24, 2.45) is 0 Å². The van der Waals surface area contributed by atoms with Crippen molar-refractivity contribution in [3.63, 3.8) is 0 Å². The largest absolute Gasteiger partial charge is 0.451 e. The summed E-state index contributed by atoms with van der Waals surface area (Å²) in [4.78, 5) is 12.1. The number of hydrogen-bond acceptors (Lipinski definition) is 2. The van der Waals surface area contributed by atoms with E-state index < -0.39 is 17.6 Å². The number of benzene rings is 2. The van der Waals surface area contributed by atoms with Gasteiger partial charge >= 0.3 is 6.18 Å². The quantitative estimate of drug-likeness (QED) is 0.721. The second kappa shape index (κ2) is 5.46. The number of rotatable bonds is 2. The fourth-order valence-electron chi connectivity index (χ4n) is 2.26. The summed E-state index contributed by atoms with van der Waals surface area (Å²) in [6.07, 6.45) is -4.40. The molecule has 0 aliphatic carbocycles. The van der Waals surface area contributed by atoms with E-state index in [1.807, 2.05) is 25.1 Å². The molecule has 1 N–H and O–H groups in total. The third kappa shape index (κ3) is 3.06. The summed E-state index contributed by atoms with van der Waals surface area (Å²) in [6.45, 7) is 1.86. The van der Waals surface area contributed by atoms with Crippen LogP contribution in [0.4, 0.5) is 18.9 Å². The van der Waals surface area contributed by atoms with E-state index in [9.17, 15) is 18.0 Å². The van der Waals surface area contributed by atoms with Crippen molar-refractivity contribution in [1.82, 2.24) is 0 Å². The van der Waals surface area contributed by atoms with Crippen molar-refractivity contribution in [3.05, 3.63) is 65.4 Å². The number of hydrogen-bond donors (Lipinski definition) is 1. The van der Waals surface area contributed by atoms with Gasteiger partial charge in [-0.15, -0.1) is 0 Å². The molecule has 0 bridgehead atoms. The summed E-state index contributed by atoms with van der Waals surface area (Å²) >= 11 is 0. The van der Waals surface area contributed by atoms with Crippen molar-refractivity contribution in [2.45, 2.75) is 13.1 Å². The van der Waals surface area contributed by atoms with Crippen LogP contribution < -0.4 is 5.32 Å². The van der Waals surface area contributed by atoms with E-state index in [0.717, 1.165) is 23.1 Å². The molecule has 6 heteroatoms. The van der Waals surface area contributed by atoms with Crippen LogP contribution in [0.5, 0.6) is 0 Å². The van der Waals surface area contributed by atoms with Crippen LogP contribution >= 0.6 is 0 Å². The lowest BCUT2D eigenvalue weighted by Gasteiger charge is -2.08. The van der Waals surface area contributed by atoms with E-state index in [2.05, 4.69) is 5.32 Å². The third-order valence-electron chi connectivity index (χ3n) is 3.43. The van der Waals surface area contributed by atoms with Crippen LogP contribution in [-0.4, -0.2) is 5.91 Å². The van der Waals surface area contributed by atoms with Gasteiger partial charge < -0.3 is 9.73 Å². The highest BCUT2D eigenvalue weighted by atomic mass is 19.4. The first-order valence-corrected chi connectivity index (χ1v) is 6.82. The Balaban J connectivity index is 1.82. The standard InChI is InChI=1S/C17H12F3NO2/c1-10-3-2-4-11-9-14(23-15(10)11)16(22)21-13-7-5-12(6-8-13)17(18,19)20/h2-9H,1H3,(H,21,22). The van der Waals surface area contributed by atoms with Crippen molar-refractivity contribution in [1.29, 1.82) is 0 Å². The summed E-state index contributed by atoms with van der Waals surface area (Å²) in [7, 11) is 0. The lowest BCUT2D eigenvalue weighted by atomic mass is 10.2. The molecule has 3 nitrogen and oxygen atoms in total. The van der Waals surface area contributed by atoms with Gasteiger partial charge in [0.25, 0.3) is 5.91 Å². The van der Waals surface area contributed by atoms with Crippen LogP contribution in [0.15, 0.2) is 52.9 Å². The average molecular weight is 319 g/mol. The Hall–Kier alpha value is -2.76. The number of amides is 1. The lowest BCUT2D eigenvalue weighted by molar-refractivity contribution is -0.137. The SMILES string of the molecule is Cc1cccc2cc(C(=O)Nc3ccc(C(F)(F)F)cc3)oc12. The molecule has 0 atom stereocenters. The predicted molar refractivity (Wildman–Crippen MR) is 80.3 cm³/mol. The average Bonchev–Trinajstić information content (AvgIpc) is 2.92. The minimum absolute atomic E-state index is 0.106. The molecule has 0 fully saturated rings. The molecule has 0 radical (unpaired) electrons. The van der Waals surface area contributed by atoms with E-state index in [1.54, 1.807) is 6.07 Å². The molecule has 3 aromatic rings. The Morgan fingerprint density at radius 2 is 1.78 bits per heavy atom. The molecule has 0 saturated carbocycles. The summed E-state index contributed by atoms with van der Waals surface area (Å²) in [5.74, 6) is -0.408. The first-order chi connectivity index (χ1) is 10.8. The molecule has 0 saturated heterocycles. The van der Waals surface area contributed by atoms with Crippen molar-refractivity contribution >= 4 is 22.6 Å². The zero-order valence-corrected chi connectivity index (χ0v) is 12.1. The number of aryl methyl sites for hydroxylation is 1. The number of anilines is 1. The number of carbonyl (C=O) groups is 1. The maximum atomic E-state index is 12.5. The van der Waals surface area contributed by atoms with Crippen LogP contribution in [0.25, 0.3) is 11.0 Å². The van der Waals surface area contributed by atoms with Gasteiger partial charge in [-0.2, -0.15) is 13.2 Å². The smallest absolute Gasteiger partial charge is 0.416 e. The molecular weight excluding hydrogens is 307 g/mol. The van der Waals surface area contributed by atoms with Gasteiger partial charge in [0.05, 0.1) is 5.56 Å². The highest BCUT2D eigenvalue weighted by Crippen LogP contribution is 2.30. The zero-order valence-electron chi connectivity index (χ0n) is 12.1. The monoisotopic (exact) mass is 319 g/mol. The Bertz CT molecular complexity index is 864. The van der Waals surface area contributed by atoms with Crippen LogP contribution in [0.3, 0.4) is 0 Å². The van der Waals surface area contributed by atoms with Crippen molar-refractivity contribution in [2.75, 3.05) is 5.32 Å². The van der Waals surface area contributed by atoms with Crippen LogP contribution in [0.1, 0.15) is 21.7 Å². The number of carbonyl (C=O) groups excluding carboxylic acids is 1. The fraction of sp³-hybridized carbons (Fsp3) is 0.118. The molecular formula is C17H12F3NO2. The first-order valence-electron chi connectivity index (χ1n) is 6.82. The van der Waals surface area contributed by atoms with Crippen LogP contribution in [0.2, 0.25) is 0 Å². The molecule has 23 heavy (non-hydrogen) atoms. The van der Waals surface area contributed by atoms with E-state index in [4.69, 9.17) is 4.42 Å². The number of alkyl halides is 3. The topological polar surface area (TPSA) is 42.2 Å². The predicted octanol–water partition coefficient (Wildman–Crippen LogP) is 5.01. The third-order valence-corrected chi connectivity index (χ3v) is 3.43. The second-order valence-electron chi connectivity index (χ2n) is 5.13. The Kier molecular flexibility index (Phi) is 3.60. The van der Waals surface area contributed by atoms with Crippen molar-refractivity contribution < 1.29 is 22.4 Å². The number of halogens is 3. The summed E-state index contributed by atoms with van der Waals surface area (Å²) in [5.41, 5.74) is 1.01. The van der Waals surface area contributed by atoms with Gasteiger partial charge in [-0.3, -0.25) is 4.79 Å². The van der Waals surface area contributed by atoms with Gasteiger partial charge in [-0.1, -0.05) is 18.2 Å². The van der Waals surface area contributed by atoms with E-state index in [1.165, 1.54) is 12.1 Å². The van der Waals surface area contributed by atoms with Gasteiger partial charge in [0, 0.05) is 11.1 Å². The number of para-hydroxylation sites is 1. The zero-order chi connectivity index (χ0) is 16.6. The number of furan rings is 1. The van der Waals surface area contributed by atoms with E-state index in [-0.39, 0.29) is 11.4 Å². The minimum atomic E-state index is -4.40. The maximum absolute atomic E-state index is 12.5. The normalized spacial score (nSPS) is 11.7. The van der Waals surface area contributed by atoms with Crippen molar-refractivity contribution in [3.8, 4) is 0 Å². The first kappa shape index (κ1) is 15.1. The molecule has 0 unspecified atom stereocenters. The molecule has 118 valence electrons. The molecule has 1 aromatic heterocycles. The van der Waals surface area contributed by atoms with E-state index >= 15 is 0 Å². The molecule has 0 aliphatic rings. The Morgan fingerprint density at radius 3 is 2.39 bits per heavy atom. The summed E-state index contributed by atoms with van der Waals surface area (Å²) in [5, 5.41) is 3.31. The molecule has 2 aromatic carbocycles. The summed E-state index contributed by atoms with van der Waals surface area (Å²) in [6, 6.07) is 11.4. The number of fused-ring (bicyclic) bond motifs is 1. The minimum Gasteiger partial charge on any atom is -0.451 e. The van der Waals surface area contributed by atoms with Gasteiger partial charge in [-0.05, 0) is 42.8 Å². The van der Waals surface area contributed by atoms with Crippen LogP contribution in [-0.2, 0) is 6.18 Å². The highest BCUT2D eigenvalue weighted by molar-refractivity contribution is 6.04. The Morgan fingerprint density at radius 1 is 1.09 bits per heavy atom. The van der Waals surface area contributed by atoms with Gasteiger partial charge in [0.2, 0.25) is 0 Å².